The minimum absolute atomic E-state index is 0.0400. The summed E-state index contributed by atoms with van der Waals surface area (Å²) in [6.45, 7) is 0.901. The number of amides is 3. The van der Waals surface area contributed by atoms with Crippen molar-refractivity contribution in [2.45, 2.75) is 37.5 Å². The quantitative estimate of drug-likeness (QED) is 0.501. The number of methoxy groups -OCH3 is 1. The smallest absolute Gasteiger partial charge is 0.241 e. The van der Waals surface area contributed by atoms with Crippen LogP contribution in [0.1, 0.15) is 36.8 Å². The van der Waals surface area contributed by atoms with Crippen molar-refractivity contribution in [3.05, 3.63) is 71.5 Å². The lowest BCUT2D eigenvalue weighted by Gasteiger charge is -2.35. The summed E-state index contributed by atoms with van der Waals surface area (Å²) in [7, 11) is 1.46. The van der Waals surface area contributed by atoms with Crippen LogP contribution in [0, 0.1) is 11.7 Å². The van der Waals surface area contributed by atoms with Crippen molar-refractivity contribution in [3.63, 3.8) is 0 Å². The van der Waals surface area contributed by atoms with E-state index in [4.69, 9.17) is 4.74 Å². The maximum atomic E-state index is 15.0. The van der Waals surface area contributed by atoms with Crippen LogP contribution < -0.4 is 0 Å². The lowest BCUT2D eigenvalue weighted by atomic mass is 9.75. The van der Waals surface area contributed by atoms with Crippen molar-refractivity contribution in [1.82, 2.24) is 9.80 Å². The Hall–Kier alpha value is -3.39. The topological polar surface area (TPSA) is 84.0 Å². The molecule has 0 spiro atoms. The van der Waals surface area contributed by atoms with Crippen LogP contribution in [-0.4, -0.2) is 66.7 Å². The molecule has 2 aliphatic rings. The minimum Gasteiger partial charge on any atom is -0.383 e. The van der Waals surface area contributed by atoms with E-state index in [-0.39, 0.29) is 55.7 Å². The third kappa shape index (κ3) is 5.23. The van der Waals surface area contributed by atoms with Crippen molar-refractivity contribution >= 4 is 23.5 Å². The monoisotopic (exact) mass is 494 g/mol. The van der Waals surface area contributed by atoms with Crippen LogP contribution in [0.2, 0.25) is 0 Å². The molecule has 0 saturated carbocycles. The third-order valence-corrected chi connectivity index (χ3v) is 7.22. The first-order valence-corrected chi connectivity index (χ1v) is 12.3. The van der Waals surface area contributed by atoms with Crippen LogP contribution in [-0.2, 0) is 35.8 Å². The SMILES string of the molecule is COCCN1C(=O)C[C@@](CC(=O)N2CCC[C@H](C(=O)Cc3ccccc3)C2)(c2ccccc2F)C1=O. The van der Waals surface area contributed by atoms with Crippen molar-refractivity contribution in [3.8, 4) is 0 Å². The average Bonchev–Trinajstić information content (AvgIpc) is 3.12. The maximum absolute atomic E-state index is 15.0. The second-order valence-corrected chi connectivity index (χ2v) is 9.57. The normalized spacial score (nSPS) is 22.2. The molecular formula is C28H31FN2O5. The molecule has 36 heavy (non-hydrogen) atoms. The minimum atomic E-state index is -1.62. The van der Waals surface area contributed by atoms with Gasteiger partial charge in [0, 0.05) is 50.9 Å². The van der Waals surface area contributed by atoms with Gasteiger partial charge in [0.1, 0.15) is 11.6 Å². The second kappa shape index (κ2) is 11.1. The van der Waals surface area contributed by atoms with Crippen LogP contribution >= 0.6 is 0 Å². The number of hydrogen-bond acceptors (Lipinski definition) is 5. The summed E-state index contributed by atoms with van der Waals surface area (Å²) in [5, 5.41) is 0. The van der Waals surface area contributed by atoms with Crippen LogP contribution in [0.3, 0.4) is 0 Å². The predicted molar refractivity (Wildman–Crippen MR) is 130 cm³/mol. The van der Waals surface area contributed by atoms with E-state index in [1.807, 2.05) is 30.3 Å². The molecular weight excluding hydrogens is 463 g/mol. The number of Topliss-reactive ketones (excluding diaryl/α,β-unsaturated/α-hetero) is 1. The van der Waals surface area contributed by atoms with Gasteiger partial charge in [-0.2, -0.15) is 0 Å². The van der Waals surface area contributed by atoms with Gasteiger partial charge in [0.25, 0.3) is 0 Å². The third-order valence-electron chi connectivity index (χ3n) is 7.22. The standard InChI is InChI=1S/C28H31FN2O5/c1-36-15-14-31-26(34)18-28(27(31)35,22-11-5-6-12-23(22)29)17-25(33)30-13-7-10-21(19-30)24(32)16-20-8-3-2-4-9-20/h2-6,8-9,11-12,21H,7,10,13-19H2,1H3/t21-,28-/m0/s1. The molecule has 2 aromatic carbocycles. The Morgan fingerprint density at radius 2 is 1.81 bits per heavy atom. The molecule has 7 nitrogen and oxygen atoms in total. The summed E-state index contributed by atoms with van der Waals surface area (Å²) >= 11 is 0. The van der Waals surface area contributed by atoms with Gasteiger partial charge in [-0.15, -0.1) is 0 Å². The molecule has 2 heterocycles. The van der Waals surface area contributed by atoms with Crippen molar-refractivity contribution in [2.75, 3.05) is 33.4 Å². The fourth-order valence-electron chi connectivity index (χ4n) is 5.28. The lowest BCUT2D eigenvalue weighted by Crippen LogP contribution is -2.47. The van der Waals surface area contributed by atoms with E-state index in [0.717, 1.165) is 10.5 Å². The van der Waals surface area contributed by atoms with E-state index >= 15 is 0 Å². The molecule has 0 radical (unpaired) electrons. The first-order chi connectivity index (χ1) is 17.4. The fourth-order valence-corrected chi connectivity index (χ4v) is 5.28. The Bertz CT molecular complexity index is 1140. The number of ether oxygens (including phenoxy) is 1. The zero-order valence-electron chi connectivity index (χ0n) is 20.5. The highest BCUT2D eigenvalue weighted by Gasteiger charge is 2.55. The molecule has 2 aromatic rings. The Morgan fingerprint density at radius 3 is 2.53 bits per heavy atom. The number of imide groups is 1. The highest BCUT2D eigenvalue weighted by Crippen LogP contribution is 2.41. The molecule has 3 amide bonds. The van der Waals surface area contributed by atoms with Gasteiger partial charge >= 0.3 is 0 Å². The van der Waals surface area contributed by atoms with Gasteiger partial charge in [-0.25, -0.2) is 4.39 Å². The Morgan fingerprint density at radius 1 is 1.08 bits per heavy atom. The van der Waals surface area contributed by atoms with E-state index in [9.17, 15) is 23.6 Å². The number of rotatable bonds is 9. The Labute approximate surface area is 210 Å². The lowest BCUT2D eigenvalue weighted by molar-refractivity contribution is -0.144. The maximum Gasteiger partial charge on any atom is 0.241 e. The van der Waals surface area contributed by atoms with Crippen molar-refractivity contribution in [1.29, 1.82) is 0 Å². The summed E-state index contributed by atoms with van der Waals surface area (Å²) < 4.78 is 20.0. The van der Waals surface area contributed by atoms with Crippen LogP contribution in [0.15, 0.2) is 54.6 Å². The van der Waals surface area contributed by atoms with Crippen molar-refractivity contribution in [2.24, 2.45) is 5.92 Å². The first kappa shape index (κ1) is 25.7. The predicted octanol–water partition coefficient (Wildman–Crippen LogP) is 2.91. The number of hydrogen-bond donors (Lipinski definition) is 0. The first-order valence-electron chi connectivity index (χ1n) is 12.3. The van der Waals surface area contributed by atoms with Gasteiger partial charge in [0.2, 0.25) is 17.7 Å². The Kier molecular flexibility index (Phi) is 7.94. The molecule has 8 heteroatoms. The number of piperidine rings is 1. The highest BCUT2D eigenvalue weighted by atomic mass is 19.1. The van der Waals surface area contributed by atoms with E-state index < -0.39 is 23.0 Å². The van der Waals surface area contributed by atoms with E-state index in [1.54, 1.807) is 11.0 Å². The number of carbonyl (C=O) groups excluding carboxylic acids is 4. The van der Waals surface area contributed by atoms with Crippen LogP contribution in [0.4, 0.5) is 4.39 Å². The summed E-state index contributed by atoms with van der Waals surface area (Å²) in [4.78, 5) is 55.5. The molecule has 190 valence electrons. The van der Waals surface area contributed by atoms with Crippen LogP contribution in [0.5, 0.6) is 0 Å². The zero-order chi connectivity index (χ0) is 25.7. The van der Waals surface area contributed by atoms with Gasteiger partial charge in [0.05, 0.1) is 18.6 Å². The molecule has 2 atom stereocenters. The summed E-state index contributed by atoms with van der Waals surface area (Å²) in [5.41, 5.74) is -0.644. The van der Waals surface area contributed by atoms with Gasteiger partial charge in [-0.3, -0.25) is 24.1 Å². The molecule has 0 aliphatic carbocycles. The fraction of sp³-hybridized carbons (Fsp3) is 0.429. The molecule has 4 rings (SSSR count). The summed E-state index contributed by atoms with van der Waals surface area (Å²) in [6.07, 6.45) is 1.04. The van der Waals surface area contributed by atoms with Gasteiger partial charge < -0.3 is 9.64 Å². The molecule has 0 aromatic heterocycles. The van der Waals surface area contributed by atoms with Gasteiger partial charge in [-0.1, -0.05) is 48.5 Å². The second-order valence-electron chi connectivity index (χ2n) is 9.57. The molecule has 0 bridgehead atoms. The summed E-state index contributed by atoms with van der Waals surface area (Å²) in [6, 6.07) is 15.3. The van der Waals surface area contributed by atoms with E-state index in [2.05, 4.69) is 0 Å². The number of halogens is 1. The number of ketones is 1. The van der Waals surface area contributed by atoms with Gasteiger partial charge in [-0.05, 0) is 24.5 Å². The van der Waals surface area contributed by atoms with E-state index in [1.165, 1.54) is 25.3 Å². The molecule has 2 saturated heterocycles. The molecule has 0 unspecified atom stereocenters. The van der Waals surface area contributed by atoms with Crippen LogP contribution in [0.25, 0.3) is 0 Å². The number of nitrogens with zero attached hydrogens (tertiary/aromatic N) is 2. The largest absolute Gasteiger partial charge is 0.383 e. The Balaban J connectivity index is 1.54. The molecule has 2 aliphatic heterocycles. The highest BCUT2D eigenvalue weighted by molar-refractivity contribution is 6.10. The summed E-state index contributed by atoms with van der Waals surface area (Å²) in [5.74, 6) is -2.26. The zero-order valence-corrected chi connectivity index (χ0v) is 20.5. The van der Waals surface area contributed by atoms with Gasteiger partial charge in [0.15, 0.2) is 0 Å². The number of likely N-dealkylation sites (tertiary alicyclic amines) is 2. The number of carbonyl (C=O) groups is 4. The number of benzene rings is 2. The average molecular weight is 495 g/mol. The molecule has 0 N–H and O–H groups in total. The molecule has 2 fully saturated rings. The van der Waals surface area contributed by atoms with Crippen molar-refractivity contribution < 1.29 is 28.3 Å². The van der Waals surface area contributed by atoms with E-state index in [0.29, 0.717) is 25.8 Å².